The third-order valence-corrected chi connectivity index (χ3v) is 3.98. The van der Waals surface area contributed by atoms with Gasteiger partial charge in [-0.25, -0.2) is 4.98 Å². The number of alkyl halides is 3. The summed E-state index contributed by atoms with van der Waals surface area (Å²) in [6, 6.07) is 0.833. The molecule has 0 saturated heterocycles. The van der Waals surface area contributed by atoms with Crippen molar-refractivity contribution in [1.29, 1.82) is 0 Å². The van der Waals surface area contributed by atoms with E-state index in [0.717, 1.165) is 19.3 Å². The van der Waals surface area contributed by atoms with Gasteiger partial charge in [-0.2, -0.15) is 13.2 Å². The first-order chi connectivity index (χ1) is 9.46. The molecule has 1 saturated carbocycles. The fraction of sp³-hybridized carbons (Fsp3) is 0.786. The maximum atomic E-state index is 12.1. The minimum absolute atomic E-state index is 0.117. The quantitative estimate of drug-likeness (QED) is 0.865. The number of rotatable bonds is 6. The van der Waals surface area contributed by atoms with Crippen LogP contribution in [0, 0.1) is 0 Å². The molecule has 3 nitrogen and oxygen atoms in total. The number of aromatic nitrogens is 2. The lowest BCUT2D eigenvalue weighted by molar-refractivity contribution is -0.135. The summed E-state index contributed by atoms with van der Waals surface area (Å²) in [7, 11) is 0. The van der Waals surface area contributed by atoms with Gasteiger partial charge in [0.25, 0.3) is 0 Å². The van der Waals surface area contributed by atoms with Crippen molar-refractivity contribution in [2.45, 2.75) is 69.8 Å². The molecule has 2 rings (SSSR count). The third-order valence-electron chi connectivity index (χ3n) is 3.98. The van der Waals surface area contributed by atoms with Crippen LogP contribution in [-0.4, -0.2) is 27.8 Å². The highest BCUT2D eigenvalue weighted by atomic mass is 19.4. The molecule has 114 valence electrons. The Balaban J connectivity index is 1.77. The minimum Gasteiger partial charge on any atom is -0.333 e. The highest BCUT2D eigenvalue weighted by molar-refractivity contribution is 4.92. The molecule has 3 atom stereocenters. The van der Waals surface area contributed by atoms with Crippen LogP contribution in [-0.2, 0) is 0 Å². The lowest BCUT2D eigenvalue weighted by atomic mass is 10.1. The number of imidazole rings is 1. The smallest absolute Gasteiger partial charge is 0.333 e. The van der Waals surface area contributed by atoms with E-state index in [2.05, 4.69) is 14.9 Å². The largest absolute Gasteiger partial charge is 0.389 e. The van der Waals surface area contributed by atoms with E-state index in [1.165, 1.54) is 0 Å². The molecule has 1 fully saturated rings. The fourth-order valence-corrected chi connectivity index (χ4v) is 3.01. The van der Waals surface area contributed by atoms with Crippen molar-refractivity contribution < 1.29 is 13.2 Å². The molecule has 1 aliphatic carbocycles. The summed E-state index contributed by atoms with van der Waals surface area (Å²) >= 11 is 0. The first-order valence-electron chi connectivity index (χ1n) is 7.26. The summed E-state index contributed by atoms with van der Waals surface area (Å²) < 4.78 is 38.5. The Hall–Kier alpha value is -1.04. The summed E-state index contributed by atoms with van der Waals surface area (Å²) in [6.07, 6.45) is 4.90. The van der Waals surface area contributed by atoms with Crippen LogP contribution in [0.25, 0.3) is 0 Å². The van der Waals surface area contributed by atoms with Gasteiger partial charge in [0.15, 0.2) is 0 Å². The summed E-state index contributed by atoms with van der Waals surface area (Å²) in [5, 5.41) is 3.49. The predicted molar refractivity (Wildman–Crippen MR) is 71.4 cm³/mol. The van der Waals surface area contributed by atoms with E-state index in [1.807, 2.05) is 19.4 Å². The number of halogens is 3. The van der Waals surface area contributed by atoms with Crippen LogP contribution in [0.4, 0.5) is 13.2 Å². The second kappa shape index (κ2) is 6.61. The van der Waals surface area contributed by atoms with Crippen molar-refractivity contribution >= 4 is 0 Å². The number of nitrogens with one attached hydrogen (secondary N) is 1. The first kappa shape index (κ1) is 15.4. The number of hydrogen-bond acceptors (Lipinski definition) is 2. The lowest BCUT2D eigenvalue weighted by Crippen LogP contribution is -2.39. The Morgan fingerprint density at radius 3 is 2.85 bits per heavy atom. The standard InChI is InChI=1S/C14H22F3N3/c1-11(4-3-7-14(15,16)17)19-12-5-2-6-13(12)20-9-8-18-10-20/h8-13,19H,2-7H2,1H3. The van der Waals surface area contributed by atoms with E-state index in [0.29, 0.717) is 18.5 Å². The molecule has 3 unspecified atom stereocenters. The lowest BCUT2D eigenvalue weighted by Gasteiger charge is -2.26. The van der Waals surface area contributed by atoms with Gasteiger partial charge < -0.3 is 9.88 Å². The summed E-state index contributed by atoms with van der Waals surface area (Å²) in [4.78, 5) is 4.07. The summed E-state index contributed by atoms with van der Waals surface area (Å²) in [5.74, 6) is 0. The van der Waals surface area contributed by atoms with Crippen LogP contribution in [0.1, 0.15) is 51.5 Å². The maximum absolute atomic E-state index is 12.1. The van der Waals surface area contributed by atoms with Gasteiger partial charge in [-0.3, -0.25) is 0 Å². The van der Waals surface area contributed by atoms with E-state index >= 15 is 0 Å². The van der Waals surface area contributed by atoms with E-state index in [4.69, 9.17) is 0 Å². The number of nitrogens with zero attached hydrogens (tertiary/aromatic N) is 2. The molecule has 1 aliphatic rings. The monoisotopic (exact) mass is 289 g/mol. The Morgan fingerprint density at radius 1 is 1.40 bits per heavy atom. The van der Waals surface area contributed by atoms with Gasteiger partial charge in [-0.1, -0.05) is 0 Å². The molecule has 20 heavy (non-hydrogen) atoms. The fourth-order valence-electron chi connectivity index (χ4n) is 3.01. The Morgan fingerprint density at radius 2 is 2.20 bits per heavy atom. The third kappa shape index (κ3) is 4.51. The van der Waals surface area contributed by atoms with Crippen molar-refractivity contribution in [3.05, 3.63) is 18.7 Å². The zero-order valence-electron chi connectivity index (χ0n) is 11.7. The molecule has 0 spiro atoms. The molecular formula is C14H22F3N3. The van der Waals surface area contributed by atoms with Crippen LogP contribution in [0.15, 0.2) is 18.7 Å². The Bertz CT molecular complexity index is 389. The maximum Gasteiger partial charge on any atom is 0.389 e. The Kier molecular flexibility index (Phi) is 5.07. The van der Waals surface area contributed by atoms with Gasteiger partial charge in [-0.15, -0.1) is 0 Å². The van der Waals surface area contributed by atoms with Gasteiger partial charge in [0.1, 0.15) is 0 Å². The van der Waals surface area contributed by atoms with Crippen LogP contribution in [0.3, 0.4) is 0 Å². The van der Waals surface area contributed by atoms with Crippen LogP contribution >= 0.6 is 0 Å². The molecule has 0 aliphatic heterocycles. The van der Waals surface area contributed by atoms with Gasteiger partial charge in [0, 0.05) is 36.9 Å². The molecule has 6 heteroatoms. The zero-order chi connectivity index (χ0) is 14.6. The molecular weight excluding hydrogens is 267 g/mol. The second-order valence-electron chi connectivity index (χ2n) is 5.69. The van der Waals surface area contributed by atoms with Crippen LogP contribution < -0.4 is 5.32 Å². The topological polar surface area (TPSA) is 29.9 Å². The summed E-state index contributed by atoms with van der Waals surface area (Å²) in [6.45, 7) is 1.97. The first-order valence-corrected chi connectivity index (χ1v) is 7.26. The highest BCUT2D eigenvalue weighted by Crippen LogP contribution is 2.30. The van der Waals surface area contributed by atoms with Crippen molar-refractivity contribution in [3.63, 3.8) is 0 Å². The van der Waals surface area contributed by atoms with Crippen molar-refractivity contribution in [2.75, 3.05) is 0 Å². The zero-order valence-corrected chi connectivity index (χ0v) is 11.7. The predicted octanol–water partition coefficient (Wildman–Crippen LogP) is 3.69. The molecule has 1 aromatic rings. The van der Waals surface area contributed by atoms with Gasteiger partial charge in [0.05, 0.1) is 6.33 Å². The van der Waals surface area contributed by atoms with E-state index in [9.17, 15) is 13.2 Å². The average molecular weight is 289 g/mol. The van der Waals surface area contributed by atoms with Crippen molar-refractivity contribution in [1.82, 2.24) is 14.9 Å². The van der Waals surface area contributed by atoms with Gasteiger partial charge in [-0.05, 0) is 39.0 Å². The normalized spacial score (nSPS) is 25.0. The van der Waals surface area contributed by atoms with Crippen LogP contribution in [0.5, 0.6) is 0 Å². The minimum atomic E-state index is -4.04. The SMILES string of the molecule is CC(CCCC(F)(F)F)NC1CCCC1n1ccnc1. The van der Waals surface area contributed by atoms with Gasteiger partial charge in [0.2, 0.25) is 0 Å². The van der Waals surface area contributed by atoms with Crippen molar-refractivity contribution in [2.24, 2.45) is 0 Å². The van der Waals surface area contributed by atoms with Crippen LogP contribution in [0.2, 0.25) is 0 Å². The van der Waals surface area contributed by atoms with E-state index < -0.39 is 12.6 Å². The molecule has 1 N–H and O–H groups in total. The highest BCUT2D eigenvalue weighted by Gasteiger charge is 2.30. The molecule has 0 radical (unpaired) electrons. The molecule has 1 aromatic heterocycles. The molecule has 0 aromatic carbocycles. The van der Waals surface area contributed by atoms with E-state index in [1.54, 1.807) is 6.20 Å². The average Bonchev–Trinajstić information content (AvgIpc) is 2.96. The summed E-state index contributed by atoms with van der Waals surface area (Å²) in [5.41, 5.74) is 0. The molecule has 0 bridgehead atoms. The van der Waals surface area contributed by atoms with E-state index in [-0.39, 0.29) is 12.5 Å². The van der Waals surface area contributed by atoms with Gasteiger partial charge >= 0.3 is 6.18 Å². The van der Waals surface area contributed by atoms with Crippen molar-refractivity contribution in [3.8, 4) is 0 Å². The number of hydrogen-bond donors (Lipinski definition) is 1. The second-order valence-corrected chi connectivity index (χ2v) is 5.69. The molecule has 0 amide bonds. The Labute approximate surface area is 117 Å². The molecule has 1 heterocycles.